The van der Waals surface area contributed by atoms with E-state index in [2.05, 4.69) is 10.3 Å². The molecule has 1 heterocycles. The summed E-state index contributed by atoms with van der Waals surface area (Å²) in [6.07, 6.45) is 2.35. The van der Waals surface area contributed by atoms with Crippen LogP contribution in [0.15, 0.2) is 24.4 Å². The number of halogens is 1. The molecule has 7 heteroatoms. The first-order valence-electron chi connectivity index (χ1n) is 5.85. The molecule has 0 bridgehead atoms. The van der Waals surface area contributed by atoms with Crippen LogP contribution in [0.4, 0.5) is 5.69 Å². The summed E-state index contributed by atoms with van der Waals surface area (Å²) in [5.41, 5.74) is 1.79. The van der Waals surface area contributed by atoms with Crippen molar-refractivity contribution in [3.05, 3.63) is 45.8 Å². The van der Waals surface area contributed by atoms with E-state index in [1.54, 1.807) is 25.3 Å². The standard InChI is InChI=1S/C12H13ClN4O2/c1-3-9(13)10-7-16(15-14-10)12-8(2)5-4-6-11(12)17(18)19/h4-7,9H,3H2,1-2H3. The monoisotopic (exact) mass is 280 g/mol. The number of benzene rings is 1. The summed E-state index contributed by atoms with van der Waals surface area (Å²) in [4.78, 5) is 10.6. The number of aryl methyl sites for hydroxylation is 1. The van der Waals surface area contributed by atoms with E-state index in [4.69, 9.17) is 11.6 Å². The first-order chi connectivity index (χ1) is 9.04. The van der Waals surface area contributed by atoms with Crippen LogP contribution in [-0.4, -0.2) is 19.9 Å². The van der Waals surface area contributed by atoms with Gasteiger partial charge in [0, 0.05) is 6.07 Å². The number of hydrogen-bond acceptors (Lipinski definition) is 4. The molecule has 1 aromatic carbocycles. The fraction of sp³-hybridized carbons (Fsp3) is 0.333. The molecule has 100 valence electrons. The first kappa shape index (κ1) is 13.5. The van der Waals surface area contributed by atoms with E-state index in [0.717, 1.165) is 12.0 Å². The molecular formula is C12H13ClN4O2. The Kier molecular flexibility index (Phi) is 3.80. The second kappa shape index (κ2) is 5.36. The van der Waals surface area contributed by atoms with Crippen LogP contribution in [0.2, 0.25) is 0 Å². The Bertz CT molecular complexity index is 612. The van der Waals surface area contributed by atoms with Gasteiger partial charge in [-0.2, -0.15) is 0 Å². The van der Waals surface area contributed by atoms with Crippen LogP contribution in [0.3, 0.4) is 0 Å². The van der Waals surface area contributed by atoms with Crippen molar-refractivity contribution in [1.29, 1.82) is 0 Å². The predicted molar refractivity (Wildman–Crippen MR) is 71.6 cm³/mol. The average Bonchev–Trinajstić information content (AvgIpc) is 2.86. The smallest absolute Gasteiger partial charge is 0.258 e. The molecule has 2 aromatic rings. The molecule has 6 nitrogen and oxygen atoms in total. The number of alkyl halides is 1. The largest absolute Gasteiger partial charge is 0.295 e. The normalized spacial score (nSPS) is 12.4. The van der Waals surface area contributed by atoms with E-state index in [1.807, 2.05) is 6.92 Å². The minimum atomic E-state index is -0.429. The number of nitrogens with zero attached hydrogens (tertiary/aromatic N) is 4. The second-order valence-electron chi connectivity index (χ2n) is 4.16. The summed E-state index contributed by atoms with van der Waals surface area (Å²) >= 11 is 6.08. The number of nitro groups is 1. The van der Waals surface area contributed by atoms with Crippen LogP contribution < -0.4 is 0 Å². The average molecular weight is 281 g/mol. The molecule has 1 aromatic heterocycles. The van der Waals surface area contributed by atoms with Gasteiger partial charge in [-0.3, -0.25) is 10.1 Å². The third-order valence-electron chi connectivity index (χ3n) is 2.83. The number of para-hydroxylation sites is 1. The SMILES string of the molecule is CCC(Cl)c1cn(-c2c(C)cccc2[N+](=O)[O-])nn1. The fourth-order valence-corrected chi connectivity index (χ4v) is 1.93. The number of nitro benzene ring substituents is 1. The first-order valence-corrected chi connectivity index (χ1v) is 6.29. The van der Waals surface area contributed by atoms with E-state index in [1.165, 1.54) is 10.7 Å². The van der Waals surface area contributed by atoms with Crippen LogP contribution in [0.5, 0.6) is 0 Å². The molecular weight excluding hydrogens is 268 g/mol. The topological polar surface area (TPSA) is 73.8 Å². The quantitative estimate of drug-likeness (QED) is 0.490. The zero-order valence-corrected chi connectivity index (χ0v) is 11.3. The molecule has 0 N–H and O–H groups in total. The van der Waals surface area contributed by atoms with Crippen LogP contribution in [0, 0.1) is 17.0 Å². The molecule has 0 aliphatic heterocycles. The molecule has 2 rings (SSSR count). The number of rotatable bonds is 4. The summed E-state index contributed by atoms with van der Waals surface area (Å²) < 4.78 is 1.41. The van der Waals surface area contributed by atoms with E-state index in [9.17, 15) is 10.1 Å². The Morgan fingerprint density at radius 2 is 2.26 bits per heavy atom. The zero-order chi connectivity index (χ0) is 14.0. The van der Waals surface area contributed by atoms with Gasteiger partial charge in [0.1, 0.15) is 11.4 Å². The second-order valence-corrected chi connectivity index (χ2v) is 4.69. The Hall–Kier alpha value is -1.95. The lowest BCUT2D eigenvalue weighted by molar-refractivity contribution is -0.384. The Morgan fingerprint density at radius 1 is 1.53 bits per heavy atom. The molecule has 0 spiro atoms. The van der Waals surface area contributed by atoms with E-state index in [-0.39, 0.29) is 11.1 Å². The van der Waals surface area contributed by atoms with E-state index < -0.39 is 4.92 Å². The zero-order valence-electron chi connectivity index (χ0n) is 10.6. The molecule has 0 saturated heterocycles. The van der Waals surface area contributed by atoms with Crippen molar-refractivity contribution in [3.8, 4) is 5.69 Å². The molecule has 0 aliphatic carbocycles. The lowest BCUT2D eigenvalue weighted by Crippen LogP contribution is -2.03. The van der Waals surface area contributed by atoms with E-state index in [0.29, 0.717) is 11.4 Å². The van der Waals surface area contributed by atoms with Gasteiger partial charge in [0.05, 0.1) is 16.5 Å². The van der Waals surface area contributed by atoms with Gasteiger partial charge in [-0.05, 0) is 18.9 Å². The van der Waals surface area contributed by atoms with Crippen LogP contribution in [0.1, 0.15) is 30.0 Å². The Labute approximate surface area is 115 Å². The van der Waals surface area contributed by atoms with Gasteiger partial charge in [0.15, 0.2) is 0 Å². The molecule has 1 atom stereocenters. The molecule has 0 saturated carbocycles. The van der Waals surface area contributed by atoms with Gasteiger partial charge in [-0.15, -0.1) is 16.7 Å². The Balaban J connectivity index is 2.53. The van der Waals surface area contributed by atoms with Crippen molar-refractivity contribution in [2.24, 2.45) is 0 Å². The molecule has 0 aliphatic rings. The summed E-state index contributed by atoms with van der Waals surface area (Å²) in [6.45, 7) is 3.73. The predicted octanol–water partition coefficient (Wildman–Crippen LogP) is 3.17. The van der Waals surface area contributed by atoms with Gasteiger partial charge in [0.2, 0.25) is 0 Å². The van der Waals surface area contributed by atoms with Crippen molar-refractivity contribution < 1.29 is 4.92 Å². The highest BCUT2D eigenvalue weighted by Crippen LogP contribution is 2.27. The molecule has 0 radical (unpaired) electrons. The minimum Gasteiger partial charge on any atom is -0.258 e. The summed E-state index contributed by atoms with van der Waals surface area (Å²) in [7, 11) is 0. The van der Waals surface area contributed by atoms with Crippen LogP contribution in [-0.2, 0) is 0 Å². The van der Waals surface area contributed by atoms with E-state index >= 15 is 0 Å². The highest BCUT2D eigenvalue weighted by atomic mass is 35.5. The summed E-state index contributed by atoms with van der Waals surface area (Å²) in [5, 5.41) is 18.7. The third kappa shape index (κ3) is 2.58. The van der Waals surface area contributed by atoms with Gasteiger partial charge < -0.3 is 0 Å². The van der Waals surface area contributed by atoms with Crippen molar-refractivity contribution in [2.75, 3.05) is 0 Å². The maximum atomic E-state index is 11.1. The van der Waals surface area contributed by atoms with Gasteiger partial charge in [-0.1, -0.05) is 24.3 Å². The third-order valence-corrected chi connectivity index (χ3v) is 3.36. The fourth-order valence-electron chi connectivity index (χ4n) is 1.83. The molecule has 0 fully saturated rings. The maximum Gasteiger partial charge on any atom is 0.295 e. The molecule has 1 unspecified atom stereocenters. The van der Waals surface area contributed by atoms with Crippen molar-refractivity contribution in [1.82, 2.24) is 15.0 Å². The minimum absolute atomic E-state index is 0.000860. The van der Waals surface area contributed by atoms with Crippen molar-refractivity contribution in [3.63, 3.8) is 0 Å². The molecule has 0 amide bonds. The Morgan fingerprint density at radius 3 is 2.89 bits per heavy atom. The lowest BCUT2D eigenvalue weighted by atomic mass is 10.1. The highest BCUT2D eigenvalue weighted by molar-refractivity contribution is 6.20. The van der Waals surface area contributed by atoms with Gasteiger partial charge in [-0.25, -0.2) is 4.68 Å². The number of hydrogen-bond donors (Lipinski definition) is 0. The summed E-state index contributed by atoms with van der Waals surface area (Å²) in [5.74, 6) is 0. The summed E-state index contributed by atoms with van der Waals surface area (Å²) in [6, 6.07) is 4.88. The lowest BCUT2D eigenvalue weighted by Gasteiger charge is -2.05. The van der Waals surface area contributed by atoms with Gasteiger partial charge in [0.25, 0.3) is 5.69 Å². The highest BCUT2D eigenvalue weighted by Gasteiger charge is 2.20. The number of aromatic nitrogens is 3. The van der Waals surface area contributed by atoms with Crippen molar-refractivity contribution >= 4 is 17.3 Å². The van der Waals surface area contributed by atoms with Crippen molar-refractivity contribution in [2.45, 2.75) is 25.6 Å². The molecule has 19 heavy (non-hydrogen) atoms. The maximum absolute atomic E-state index is 11.1. The van der Waals surface area contributed by atoms with Crippen LogP contribution in [0.25, 0.3) is 5.69 Å². The van der Waals surface area contributed by atoms with Crippen LogP contribution >= 0.6 is 11.6 Å². The van der Waals surface area contributed by atoms with Gasteiger partial charge >= 0.3 is 0 Å².